The van der Waals surface area contributed by atoms with Gasteiger partial charge >= 0.3 is 0 Å². The number of hydrogen-bond acceptors (Lipinski definition) is 5. The summed E-state index contributed by atoms with van der Waals surface area (Å²) in [4.78, 5) is 12.6. The van der Waals surface area contributed by atoms with Crippen LogP contribution in [0.1, 0.15) is 348 Å². The van der Waals surface area contributed by atoms with Gasteiger partial charge in [0, 0.05) is 0 Å². The number of aliphatic hydroxyl groups is 4. The van der Waals surface area contributed by atoms with Crippen LogP contribution in [0.3, 0.4) is 0 Å². The summed E-state index contributed by atoms with van der Waals surface area (Å²) >= 11 is 0. The summed E-state index contributed by atoms with van der Waals surface area (Å²) in [5, 5.41) is 44.1. The molecule has 0 aromatic carbocycles. The number of rotatable bonds is 61. The molecular formula is C68H129NO5. The highest BCUT2D eigenvalue weighted by atomic mass is 16.3. The Morgan fingerprint density at radius 1 is 0.324 bits per heavy atom. The van der Waals surface area contributed by atoms with Gasteiger partial charge < -0.3 is 25.7 Å². The number of allylic oxidation sites excluding steroid dienone is 8. The molecule has 436 valence electrons. The van der Waals surface area contributed by atoms with Gasteiger partial charge in [-0.3, -0.25) is 4.79 Å². The lowest BCUT2D eigenvalue weighted by Gasteiger charge is -2.27. The van der Waals surface area contributed by atoms with Crippen LogP contribution in [-0.4, -0.2) is 57.3 Å². The molecule has 6 nitrogen and oxygen atoms in total. The number of hydrogen-bond donors (Lipinski definition) is 5. The first-order valence-corrected chi connectivity index (χ1v) is 33.0. The van der Waals surface area contributed by atoms with Crippen LogP contribution >= 0.6 is 0 Å². The third-order valence-corrected chi connectivity index (χ3v) is 15.5. The second-order valence-corrected chi connectivity index (χ2v) is 22.8. The second-order valence-electron chi connectivity index (χ2n) is 22.8. The van der Waals surface area contributed by atoms with E-state index in [-0.39, 0.29) is 0 Å². The molecule has 4 atom stereocenters. The topological polar surface area (TPSA) is 110 Å². The first kappa shape index (κ1) is 72.3. The molecule has 0 aliphatic carbocycles. The SMILES string of the molecule is CCCCCCCCCCCCCC/C=C\CCCCCCCCCCCCCCCCC(O)C(=O)NC(CO)C(O)C(O)CCC/C=C/CC/C=C/CC/C=C/CCCCCCCCCCCCCCCCC. The minimum Gasteiger partial charge on any atom is -0.394 e. The Bertz CT molecular complexity index is 1210. The third-order valence-electron chi connectivity index (χ3n) is 15.5. The largest absolute Gasteiger partial charge is 0.394 e. The number of carbonyl (C=O) groups excluding carboxylic acids is 1. The summed E-state index contributed by atoms with van der Waals surface area (Å²) < 4.78 is 0. The zero-order chi connectivity index (χ0) is 53.7. The van der Waals surface area contributed by atoms with E-state index in [1.165, 1.54) is 263 Å². The van der Waals surface area contributed by atoms with Crippen LogP contribution in [-0.2, 0) is 4.79 Å². The predicted molar refractivity (Wildman–Crippen MR) is 325 cm³/mol. The standard InChI is InChI=1S/C68H129NO5/c1-3-5-7-9-11-13-15-17-19-21-23-25-27-29-31-33-34-36-38-40-42-44-46-48-50-52-54-56-58-60-62-66(72)68(74)69-64(63-70)67(73)65(71)61-59-57-55-53-51-49-47-45-43-41-39-37-35-32-30-28-26-24-22-20-18-16-14-12-10-8-6-4-2/h29,31,37,39,45,47,53,55,64-67,70-73H,3-28,30,32-36,38,40-44,46,48-52,54,56-63H2,1-2H3,(H,69,74)/b31-29-,39-37+,47-45+,55-53+. The normalized spacial score (nSPS) is 13.9. The lowest BCUT2D eigenvalue weighted by atomic mass is 10.00. The number of nitrogens with one attached hydrogen (secondary N) is 1. The smallest absolute Gasteiger partial charge is 0.249 e. The highest BCUT2D eigenvalue weighted by Gasteiger charge is 2.28. The maximum atomic E-state index is 12.6. The average Bonchev–Trinajstić information content (AvgIpc) is 3.41. The summed E-state index contributed by atoms with van der Waals surface area (Å²) in [5.41, 5.74) is 0. The quantitative estimate of drug-likeness (QED) is 0.0308. The number of amides is 1. The summed E-state index contributed by atoms with van der Waals surface area (Å²) in [6.45, 7) is 4.08. The van der Waals surface area contributed by atoms with E-state index >= 15 is 0 Å². The van der Waals surface area contributed by atoms with E-state index in [1.54, 1.807) is 0 Å². The molecule has 0 aromatic heterocycles. The van der Waals surface area contributed by atoms with Gasteiger partial charge in [0.2, 0.25) is 5.91 Å². The zero-order valence-electron chi connectivity index (χ0n) is 49.6. The molecule has 0 saturated heterocycles. The molecule has 0 heterocycles. The molecule has 1 amide bonds. The second kappa shape index (κ2) is 62.1. The molecule has 0 bridgehead atoms. The first-order valence-electron chi connectivity index (χ1n) is 33.0. The molecule has 4 unspecified atom stereocenters. The maximum absolute atomic E-state index is 12.6. The molecule has 0 radical (unpaired) electrons. The van der Waals surface area contributed by atoms with Crippen LogP contribution in [0.5, 0.6) is 0 Å². The van der Waals surface area contributed by atoms with Gasteiger partial charge in [0.15, 0.2) is 0 Å². The van der Waals surface area contributed by atoms with Crippen molar-refractivity contribution < 1.29 is 25.2 Å². The van der Waals surface area contributed by atoms with Crippen LogP contribution in [0.4, 0.5) is 0 Å². The Morgan fingerprint density at radius 2 is 0.568 bits per heavy atom. The van der Waals surface area contributed by atoms with Gasteiger partial charge in [0.25, 0.3) is 0 Å². The highest BCUT2D eigenvalue weighted by Crippen LogP contribution is 2.18. The molecule has 0 fully saturated rings. The van der Waals surface area contributed by atoms with Gasteiger partial charge in [-0.25, -0.2) is 0 Å². The van der Waals surface area contributed by atoms with Crippen molar-refractivity contribution in [3.05, 3.63) is 48.6 Å². The van der Waals surface area contributed by atoms with Crippen LogP contribution in [0, 0.1) is 0 Å². The van der Waals surface area contributed by atoms with E-state index in [1.807, 2.05) is 0 Å². The van der Waals surface area contributed by atoms with E-state index in [9.17, 15) is 25.2 Å². The van der Waals surface area contributed by atoms with Crippen LogP contribution in [0.2, 0.25) is 0 Å². The van der Waals surface area contributed by atoms with Crippen molar-refractivity contribution >= 4 is 5.91 Å². The van der Waals surface area contributed by atoms with Crippen molar-refractivity contribution in [1.29, 1.82) is 0 Å². The number of carbonyl (C=O) groups is 1. The van der Waals surface area contributed by atoms with Crippen molar-refractivity contribution in [2.75, 3.05) is 6.61 Å². The van der Waals surface area contributed by atoms with Crippen LogP contribution in [0.25, 0.3) is 0 Å². The van der Waals surface area contributed by atoms with Gasteiger partial charge in [0.05, 0.1) is 18.8 Å². The van der Waals surface area contributed by atoms with Crippen molar-refractivity contribution in [3.8, 4) is 0 Å². The molecule has 0 aliphatic rings. The molecule has 0 aromatic rings. The first-order chi connectivity index (χ1) is 36.5. The molecule has 5 N–H and O–H groups in total. The summed E-state index contributed by atoms with van der Waals surface area (Å²) in [5.74, 6) is -0.595. The molecule has 6 heteroatoms. The van der Waals surface area contributed by atoms with Gasteiger partial charge in [-0.15, -0.1) is 0 Å². The summed E-state index contributed by atoms with van der Waals surface area (Å²) in [6.07, 6.45) is 80.8. The Labute approximate surface area is 461 Å². The van der Waals surface area contributed by atoms with Gasteiger partial charge in [-0.05, 0) is 89.9 Å². The minimum absolute atomic E-state index is 0.359. The van der Waals surface area contributed by atoms with Crippen LogP contribution < -0.4 is 5.32 Å². The fraction of sp³-hybridized carbons (Fsp3) is 0.868. The molecule has 0 saturated carbocycles. The van der Waals surface area contributed by atoms with Crippen molar-refractivity contribution in [1.82, 2.24) is 5.32 Å². The predicted octanol–water partition coefficient (Wildman–Crippen LogP) is 20.1. The molecule has 0 spiro atoms. The van der Waals surface area contributed by atoms with E-state index in [4.69, 9.17) is 0 Å². The van der Waals surface area contributed by atoms with Gasteiger partial charge in [-0.1, -0.05) is 306 Å². The molecular weight excluding hydrogens is 911 g/mol. The Kier molecular flexibility index (Phi) is 60.7. The lowest BCUT2D eigenvalue weighted by molar-refractivity contribution is -0.132. The van der Waals surface area contributed by atoms with E-state index in [0.717, 1.165) is 51.4 Å². The third kappa shape index (κ3) is 55.0. The van der Waals surface area contributed by atoms with E-state index < -0.39 is 36.9 Å². The fourth-order valence-corrected chi connectivity index (χ4v) is 10.3. The lowest BCUT2D eigenvalue weighted by Crippen LogP contribution is -2.53. The summed E-state index contributed by atoms with van der Waals surface area (Å²) in [6, 6.07) is -1.01. The van der Waals surface area contributed by atoms with Gasteiger partial charge in [0.1, 0.15) is 12.2 Å². The number of unbranched alkanes of at least 4 members (excludes halogenated alkanes) is 44. The average molecular weight is 1040 g/mol. The number of aliphatic hydroxyl groups excluding tert-OH is 4. The van der Waals surface area contributed by atoms with Crippen molar-refractivity contribution in [2.45, 2.75) is 372 Å². The molecule has 0 rings (SSSR count). The Balaban J connectivity index is 3.64. The highest BCUT2D eigenvalue weighted by molar-refractivity contribution is 5.80. The monoisotopic (exact) mass is 1040 g/mol. The van der Waals surface area contributed by atoms with Crippen molar-refractivity contribution in [2.24, 2.45) is 0 Å². The van der Waals surface area contributed by atoms with E-state index in [0.29, 0.717) is 19.3 Å². The molecule has 0 aliphatic heterocycles. The molecule has 74 heavy (non-hydrogen) atoms. The maximum Gasteiger partial charge on any atom is 0.249 e. The Hall–Kier alpha value is -1.73. The Morgan fingerprint density at radius 3 is 0.851 bits per heavy atom. The zero-order valence-corrected chi connectivity index (χ0v) is 49.6. The fourth-order valence-electron chi connectivity index (χ4n) is 10.3. The van der Waals surface area contributed by atoms with Crippen molar-refractivity contribution in [3.63, 3.8) is 0 Å². The summed E-state index contributed by atoms with van der Waals surface area (Å²) in [7, 11) is 0. The van der Waals surface area contributed by atoms with Gasteiger partial charge in [-0.2, -0.15) is 0 Å². The van der Waals surface area contributed by atoms with Crippen LogP contribution in [0.15, 0.2) is 48.6 Å². The van der Waals surface area contributed by atoms with E-state index in [2.05, 4.69) is 67.8 Å². The minimum atomic E-state index is -1.30.